The van der Waals surface area contributed by atoms with Crippen molar-refractivity contribution < 1.29 is 4.74 Å². The first-order chi connectivity index (χ1) is 9.62. The van der Waals surface area contributed by atoms with E-state index in [2.05, 4.69) is 28.8 Å². The van der Waals surface area contributed by atoms with Gasteiger partial charge in [0, 0.05) is 5.70 Å². The van der Waals surface area contributed by atoms with E-state index < -0.39 is 0 Å². The van der Waals surface area contributed by atoms with Crippen LogP contribution in [0.3, 0.4) is 0 Å². The highest BCUT2D eigenvalue weighted by atomic mass is 32.1. The molecule has 0 aliphatic carbocycles. The lowest BCUT2D eigenvalue weighted by Gasteiger charge is -2.06. The highest BCUT2D eigenvalue weighted by Gasteiger charge is 2.06. The van der Waals surface area contributed by atoms with Crippen molar-refractivity contribution in [3.05, 3.63) is 43.1 Å². The molecule has 2 aromatic rings. The molecule has 104 valence electrons. The van der Waals surface area contributed by atoms with Crippen molar-refractivity contribution >= 4 is 44.0 Å². The molecule has 1 heterocycles. The van der Waals surface area contributed by atoms with E-state index in [1.807, 2.05) is 25.1 Å². The Morgan fingerprint density at radius 1 is 1.55 bits per heavy atom. The first-order valence-electron chi connectivity index (χ1n) is 6.05. The summed E-state index contributed by atoms with van der Waals surface area (Å²) in [5.41, 5.74) is 1.55. The van der Waals surface area contributed by atoms with Gasteiger partial charge in [0.2, 0.25) is 0 Å². The third kappa shape index (κ3) is 3.55. The van der Waals surface area contributed by atoms with E-state index in [0.29, 0.717) is 17.4 Å². The van der Waals surface area contributed by atoms with Crippen LogP contribution in [0.4, 0.5) is 5.13 Å². The molecule has 2 rings (SSSR count). The second-order valence-electron chi connectivity index (χ2n) is 3.89. The van der Waals surface area contributed by atoms with Gasteiger partial charge in [0.05, 0.1) is 16.8 Å². The van der Waals surface area contributed by atoms with E-state index in [-0.39, 0.29) is 0 Å². The van der Waals surface area contributed by atoms with Crippen molar-refractivity contribution in [2.24, 2.45) is 0 Å². The number of thiazole rings is 1. The van der Waals surface area contributed by atoms with Crippen LogP contribution in [0.15, 0.2) is 43.1 Å². The molecule has 1 aromatic carbocycles. The lowest BCUT2D eigenvalue weighted by molar-refractivity contribution is 0.341. The van der Waals surface area contributed by atoms with Crippen LogP contribution < -0.4 is 15.4 Å². The fourth-order valence-corrected chi connectivity index (χ4v) is 2.73. The maximum absolute atomic E-state index is 5.47. The SMILES string of the molecule is C=CC(=C)NC(=S)Nc1nc2ccc(OCC)cc2s1. The number of benzene rings is 1. The second-order valence-corrected chi connectivity index (χ2v) is 5.33. The van der Waals surface area contributed by atoms with Gasteiger partial charge < -0.3 is 15.4 Å². The fraction of sp³-hybridized carbons (Fsp3) is 0.143. The fourth-order valence-electron chi connectivity index (χ4n) is 1.54. The van der Waals surface area contributed by atoms with Gasteiger partial charge in [-0.05, 0) is 43.4 Å². The number of rotatable bonds is 5. The Morgan fingerprint density at radius 3 is 3.05 bits per heavy atom. The van der Waals surface area contributed by atoms with E-state index in [1.54, 1.807) is 6.08 Å². The van der Waals surface area contributed by atoms with Crippen molar-refractivity contribution in [2.75, 3.05) is 11.9 Å². The molecule has 0 aliphatic rings. The summed E-state index contributed by atoms with van der Waals surface area (Å²) in [4.78, 5) is 4.46. The van der Waals surface area contributed by atoms with E-state index in [1.165, 1.54) is 11.3 Å². The summed E-state index contributed by atoms with van der Waals surface area (Å²) in [7, 11) is 0. The summed E-state index contributed by atoms with van der Waals surface area (Å²) in [6.07, 6.45) is 1.60. The third-order valence-corrected chi connectivity index (χ3v) is 3.55. The van der Waals surface area contributed by atoms with Crippen LogP contribution >= 0.6 is 23.6 Å². The van der Waals surface area contributed by atoms with Gasteiger partial charge in [-0.2, -0.15) is 0 Å². The number of nitrogens with one attached hydrogen (secondary N) is 2. The summed E-state index contributed by atoms with van der Waals surface area (Å²) >= 11 is 6.68. The Labute approximate surface area is 127 Å². The molecule has 0 saturated carbocycles. The first kappa shape index (κ1) is 14.5. The first-order valence-corrected chi connectivity index (χ1v) is 7.27. The minimum Gasteiger partial charge on any atom is -0.494 e. The quantitative estimate of drug-likeness (QED) is 0.652. The van der Waals surface area contributed by atoms with Gasteiger partial charge in [-0.1, -0.05) is 24.5 Å². The molecule has 0 radical (unpaired) electrons. The van der Waals surface area contributed by atoms with Crippen LogP contribution in [-0.2, 0) is 0 Å². The highest BCUT2D eigenvalue weighted by Crippen LogP contribution is 2.29. The molecule has 20 heavy (non-hydrogen) atoms. The van der Waals surface area contributed by atoms with Crippen LogP contribution in [-0.4, -0.2) is 16.7 Å². The average Bonchev–Trinajstić information content (AvgIpc) is 2.80. The zero-order chi connectivity index (χ0) is 14.5. The molecule has 0 saturated heterocycles. The number of hydrogen-bond donors (Lipinski definition) is 2. The predicted molar refractivity (Wildman–Crippen MR) is 89.5 cm³/mol. The molecule has 6 heteroatoms. The maximum Gasteiger partial charge on any atom is 0.190 e. The van der Waals surface area contributed by atoms with Gasteiger partial charge in [0.1, 0.15) is 5.75 Å². The molecule has 1 aromatic heterocycles. The third-order valence-electron chi connectivity index (χ3n) is 2.41. The molecule has 0 amide bonds. The number of hydrogen-bond acceptors (Lipinski definition) is 4. The van der Waals surface area contributed by atoms with E-state index in [9.17, 15) is 0 Å². The number of ether oxygens (including phenoxy) is 1. The van der Waals surface area contributed by atoms with Crippen molar-refractivity contribution in [2.45, 2.75) is 6.92 Å². The van der Waals surface area contributed by atoms with Crippen molar-refractivity contribution in [1.29, 1.82) is 0 Å². The predicted octanol–water partition coefficient (Wildman–Crippen LogP) is 3.68. The summed E-state index contributed by atoms with van der Waals surface area (Å²) in [6.45, 7) is 9.95. The molecule has 0 unspecified atom stereocenters. The van der Waals surface area contributed by atoms with E-state index in [0.717, 1.165) is 21.1 Å². The van der Waals surface area contributed by atoms with Gasteiger partial charge in [-0.3, -0.25) is 0 Å². The normalized spacial score (nSPS) is 10.1. The van der Waals surface area contributed by atoms with Gasteiger partial charge in [-0.15, -0.1) is 0 Å². The van der Waals surface area contributed by atoms with Crippen LogP contribution in [0.2, 0.25) is 0 Å². The van der Waals surface area contributed by atoms with Gasteiger partial charge in [0.25, 0.3) is 0 Å². The highest BCUT2D eigenvalue weighted by molar-refractivity contribution is 7.80. The number of allylic oxidation sites excluding steroid dienone is 1. The number of nitrogens with zero attached hydrogens (tertiary/aromatic N) is 1. The maximum atomic E-state index is 5.47. The molecule has 0 atom stereocenters. The summed E-state index contributed by atoms with van der Waals surface area (Å²) in [5, 5.41) is 7.10. The minimum atomic E-state index is 0.444. The molecule has 0 fully saturated rings. The van der Waals surface area contributed by atoms with Gasteiger partial charge in [-0.25, -0.2) is 4.98 Å². The summed E-state index contributed by atoms with van der Waals surface area (Å²) in [5.74, 6) is 0.843. The summed E-state index contributed by atoms with van der Waals surface area (Å²) in [6, 6.07) is 5.81. The van der Waals surface area contributed by atoms with Crippen LogP contribution in [0.5, 0.6) is 5.75 Å². The van der Waals surface area contributed by atoms with Crippen LogP contribution in [0.25, 0.3) is 10.2 Å². The lowest BCUT2D eigenvalue weighted by atomic mass is 10.3. The Balaban J connectivity index is 2.13. The Bertz CT molecular complexity index is 663. The molecular weight excluding hydrogens is 290 g/mol. The van der Waals surface area contributed by atoms with E-state index in [4.69, 9.17) is 17.0 Å². The van der Waals surface area contributed by atoms with Crippen molar-refractivity contribution in [1.82, 2.24) is 10.3 Å². The molecule has 0 bridgehead atoms. The zero-order valence-corrected chi connectivity index (χ0v) is 12.7. The zero-order valence-electron chi connectivity index (χ0n) is 11.1. The average molecular weight is 305 g/mol. The number of aromatic nitrogens is 1. The minimum absolute atomic E-state index is 0.444. The van der Waals surface area contributed by atoms with Gasteiger partial charge in [0.15, 0.2) is 10.2 Å². The number of anilines is 1. The number of thiocarbonyl (C=S) groups is 1. The van der Waals surface area contributed by atoms with Gasteiger partial charge >= 0.3 is 0 Å². The Hall–Kier alpha value is -1.92. The molecule has 0 aliphatic heterocycles. The molecular formula is C14H15N3OS2. The van der Waals surface area contributed by atoms with Crippen molar-refractivity contribution in [3.63, 3.8) is 0 Å². The second kappa shape index (κ2) is 6.49. The smallest absolute Gasteiger partial charge is 0.190 e. The monoisotopic (exact) mass is 305 g/mol. The lowest BCUT2D eigenvalue weighted by Crippen LogP contribution is -2.26. The van der Waals surface area contributed by atoms with E-state index >= 15 is 0 Å². The Morgan fingerprint density at radius 2 is 2.35 bits per heavy atom. The molecule has 4 nitrogen and oxygen atoms in total. The molecule has 2 N–H and O–H groups in total. The standard InChI is InChI=1S/C14H15N3OS2/c1-4-9(3)15-13(19)17-14-16-11-7-6-10(18-5-2)8-12(11)20-14/h4,6-8H,1,3,5H2,2H3,(H2,15,16,17,19). The van der Waals surface area contributed by atoms with Crippen molar-refractivity contribution in [3.8, 4) is 5.75 Å². The number of fused-ring (bicyclic) bond motifs is 1. The topological polar surface area (TPSA) is 46.2 Å². The van der Waals surface area contributed by atoms with Crippen LogP contribution in [0, 0.1) is 0 Å². The summed E-state index contributed by atoms with van der Waals surface area (Å²) < 4.78 is 6.51. The van der Waals surface area contributed by atoms with Crippen LogP contribution in [0.1, 0.15) is 6.92 Å². The molecule has 0 spiro atoms. The largest absolute Gasteiger partial charge is 0.494 e. The Kier molecular flexibility index (Phi) is 4.70.